The van der Waals surface area contributed by atoms with E-state index in [0.29, 0.717) is 6.42 Å². The molecule has 0 saturated heterocycles. The van der Waals surface area contributed by atoms with Crippen LogP contribution in [0.4, 0.5) is 22.0 Å². The van der Waals surface area contributed by atoms with Gasteiger partial charge in [0.2, 0.25) is 0 Å². The Morgan fingerprint density at radius 1 is 0.780 bits per heavy atom. The van der Waals surface area contributed by atoms with E-state index in [4.69, 9.17) is 4.74 Å². The normalized spacial score (nSPS) is 18.9. The van der Waals surface area contributed by atoms with Gasteiger partial charge in [0.05, 0.1) is 12.2 Å². The first kappa shape index (κ1) is 32.9. The first-order valence-corrected chi connectivity index (χ1v) is 15.4. The molecule has 0 aliphatic heterocycles. The van der Waals surface area contributed by atoms with E-state index in [1.165, 1.54) is 50.0 Å². The molecule has 1 aliphatic carbocycles. The molecule has 6 heteroatoms. The lowest BCUT2D eigenvalue weighted by Crippen LogP contribution is -2.34. The third kappa shape index (κ3) is 9.18. The predicted molar refractivity (Wildman–Crippen MR) is 159 cm³/mol. The zero-order valence-electron chi connectivity index (χ0n) is 24.5. The highest BCUT2D eigenvalue weighted by atomic mass is 19.4. The van der Waals surface area contributed by atoms with Gasteiger partial charge in [-0.15, -0.1) is 0 Å². The summed E-state index contributed by atoms with van der Waals surface area (Å²) in [6.45, 7) is 4.48. The van der Waals surface area contributed by atoms with Crippen molar-refractivity contribution in [3.63, 3.8) is 0 Å². The van der Waals surface area contributed by atoms with E-state index in [-0.39, 0.29) is 29.1 Å². The van der Waals surface area contributed by atoms with Crippen molar-refractivity contribution in [2.24, 2.45) is 0 Å². The van der Waals surface area contributed by atoms with Crippen LogP contribution in [0.2, 0.25) is 0 Å². The quantitative estimate of drug-likeness (QED) is 0.134. The summed E-state index contributed by atoms with van der Waals surface area (Å²) in [5.41, 5.74) is -2.63. The highest BCUT2D eigenvalue weighted by molar-refractivity contribution is 5.78. The average Bonchev–Trinajstić information content (AvgIpc) is 2.96. The number of ether oxygens (including phenoxy) is 1. The standard InChI is InChI=1S/C35H45F5O/c1-3-5-7-9-11-13-16-27-19-22-29(23-20-27)34(37)30(17-15-18-33(34)36)28-21-24-32(31(26-28)35(38,39)40)41-25-14-12-10-8-6-4-2/h15,17-24,26,33H,3-14,16,25H2,1-2H3. The lowest BCUT2D eigenvalue weighted by molar-refractivity contribution is -0.139. The van der Waals surface area contributed by atoms with E-state index in [1.54, 1.807) is 24.3 Å². The Balaban J connectivity index is 1.77. The number of hydrogen-bond acceptors (Lipinski definition) is 1. The number of allylic oxidation sites excluding steroid dienone is 4. The van der Waals surface area contributed by atoms with Crippen LogP contribution in [-0.4, -0.2) is 12.8 Å². The summed E-state index contributed by atoms with van der Waals surface area (Å²) >= 11 is 0. The first-order chi connectivity index (χ1) is 19.7. The molecule has 3 rings (SSSR count). The Morgan fingerprint density at radius 2 is 1.39 bits per heavy atom. The van der Waals surface area contributed by atoms with Gasteiger partial charge < -0.3 is 4.74 Å². The maximum atomic E-state index is 16.7. The summed E-state index contributed by atoms with van der Waals surface area (Å²) in [5.74, 6) is -0.290. The summed E-state index contributed by atoms with van der Waals surface area (Å²) in [6.07, 6.45) is 10.9. The Kier molecular flexibility index (Phi) is 12.9. The van der Waals surface area contributed by atoms with Crippen LogP contribution in [0.1, 0.15) is 113 Å². The van der Waals surface area contributed by atoms with Crippen LogP contribution >= 0.6 is 0 Å². The fraction of sp³-hybridized carbons (Fsp3) is 0.543. The maximum Gasteiger partial charge on any atom is 0.419 e. The minimum Gasteiger partial charge on any atom is -0.493 e. The van der Waals surface area contributed by atoms with Crippen LogP contribution in [0.5, 0.6) is 5.75 Å². The van der Waals surface area contributed by atoms with Gasteiger partial charge in [-0.25, -0.2) is 8.78 Å². The van der Waals surface area contributed by atoms with Crippen molar-refractivity contribution < 1.29 is 26.7 Å². The molecule has 2 aromatic rings. The molecule has 0 N–H and O–H groups in total. The van der Waals surface area contributed by atoms with Gasteiger partial charge in [-0.3, -0.25) is 0 Å². The summed E-state index contributed by atoms with van der Waals surface area (Å²) < 4.78 is 79.7. The molecule has 1 nitrogen and oxygen atoms in total. The summed E-state index contributed by atoms with van der Waals surface area (Å²) in [5, 5.41) is 0. The second kappa shape index (κ2) is 16.1. The molecule has 0 aromatic heterocycles. The third-order valence-electron chi connectivity index (χ3n) is 7.86. The molecule has 0 heterocycles. The van der Waals surface area contributed by atoms with Crippen molar-refractivity contribution in [3.05, 3.63) is 82.9 Å². The number of alkyl halides is 5. The highest BCUT2D eigenvalue weighted by Gasteiger charge is 2.46. The fourth-order valence-electron chi connectivity index (χ4n) is 5.41. The molecule has 0 fully saturated rings. The molecular formula is C35H45F5O. The van der Waals surface area contributed by atoms with E-state index in [1.807, 2.05) is 0 Å². The van der Waals surface area contributed by atoms with Gasteiger partial charge in [-0.05, 0) is 54.2 Å². The van der Waals surface area contributed by atoms with Gasteiger partial charge in [0, 0.05) is 5.57 Å². The van der Waals surface area contributed by atoms with Gasteiger partial charge >= 0.3 is 6.18 Å². The molecule has 0 radical (unpaired) electrons. The van der Waals surface area contributed by atoms with Gasteiger partial charge in [0.15, 0.2) is 11.8 Å². The molecule has 226 valence electrons. The van der Waals surface area contributed by atoms with E-state index >= 15 is 8.78 Å². The van der Waals surface area contributed by atoms with Crippen LogP contribution in [0, 0.1) is 0 Å². The van der Waals surface area contributed by atoms with E-state index in [0.717, 1.165) is 69.1 Å². The second-order valence-electron chi connectivity index (χ2n) is 11.1. The molecule has 0 spiro atoms. The first-order valence-electron chi connectivity index (χ1n) is 15.4. The minimum absolute atomic E-state index is 0.0186. The zero-order chi connectivity index (χ0) is 29.7. The largest absolute Gasteiger partial charge is 0.493 e. The molecule has 2 unspecified atom stereocenters. The molecule has 0 amide bonds. The number of unbranched alkanes of at least 4 members (excludes halogenated alkanes) is 10. The topological polar surface area (TPSA) is 9.23 Å². The summed E-state index contributed by atoms with van der Waals surface area (Å²) in [7, 11) is 0. The molecular weight excluding hydrogens is 531 g/mol. The SMILES string of the molecule is CCCCCCCCOc1ccc(C2=CC=CC(F)C2(F)c2ccc(CCCCCCCC)cc2)cc1C(F)(F)F. The number of hydrogen-bond donors (Lipinski definition) is 0. The summed E-state index contributed by atoms with van der Waals surface area (Å²) in [4.78, 5) is 0. The zero-order valence-corrected chi connectivity index (χ0v) is 24.5. The van der Waals surface area contributed by atoms with E-state index < -0.39 is 23.6 Å². The van der Waals surface area contributed by atoms with Crippen molar-refractivity contribution in [2.75, 3.05) is 6.61 Å². The predicted octanol–water partition coefficient (Wildman–Crippen LogP) is 11.5. The fourth-order valence-corrected chi connectivity index (χ4v) is 5.41. The van der Waals surface area contributed by atoms with Crippen molar-refractivity contribution in [1.82, 2.24) is 0 Å². The number of halogens is 5. The van der Waals surface area contributed by atoms with Crippen molar-refractivity contribution >= 4 is 5.57 Å². The molecule has 1 aliphatic rings. The number of rotatable bonds is 17. The van der Waals surface area contributed by atoms with Gasteiger partial charge in [-0.1, -0.05) is 121 Å². The van der Waals surface area contributed by atoms with Gasteiger partial charge in [-0.2, -0.15) is 13.2 Å². The third-order valence-corrected chi connectivity index (χ3v) is 7.86. The lowest BCUT2D eigenvalue weighted by Gasteiger charge is -2.33. The number of benzene rings is 2. The molecule has 0 saturated carbocycles. The van der Waals surface area contributed by atoms with E-state index in [9.17, 15) is 13.2 Å². The van der Waals surface area contributed by atoms with Crippen molar-refractivity contribution in [2.45, 2.75) is 115 Å². The maximum absolute atomic E-state index is 16.7. The summed E-state index contributed by atoms with van der Waals surface area (Å²) in [6, 6.07) is 10.2. The minimum atomic E-state index is -4.70. The van der Waals surface area contributed by atoms with Crippen LogP contribution in [0.25, 0.3) is 5.57 Å². The monoisotopic (exact) mass is 576 g/mol. The molecule has 2 atom stereocenters. The van der Waals surface area contributed by atoms with Crippen LogP contribution in [0.15, 0.2) is 60.7 Å². The Morgan fingerprint density at radius 3 is 2.02 bits per heavy atom. The van der Waals surface area contributed by atoms with Gasteiger partial charge in [0.25, 0.3) is 0 Å². The smallest absolute Gasteiger partial charge is 0.419 e. The Labute approximate surface area is 242 Å². The Hall–Kier alpha value is -2.63. The highest BCUT2D eigenvalue weighted by Crippen LogP contribution is 2.48. The van der Waals surface area contributed by atoms with Crippen LogP contribution < -0.4 is 4.74 Å². The second-order valence-corrected chi connectivity index (χ2v) is 11.1. The average molecular weight is 577 g/mol. The molecule has 0 bridgehead atoms. The van der Waals surface area contributed by atoms with Crippen LogP contribution in [0.3, 0.4) is 0 Å². The Bertz CT molecular complexity index is 1120. The molecule has 2 aromatic carbocycles. The van der Waals surface area contributed by atoms with Crippen molar-refractivity contribution in [3.8, 4) is 5.75 Å². The van der Waals surface area contributed by atoms with Crippen LogP contribution in [-0.2, 0) is 18.3 Å². The van der Waals surface area contributed by atoms with E-state index in [2.05, 4.69) is 13.8 Å². The molecule has 41 heavy (non-hydrogen) atoms. The lowest BCUT2D eigenvalue weighted by atomic mass is 9.77. The van der Waals surface area contributed by atoms with Gasteiger partial charge in [0.1, 0.15) is 5.75 Å². The van der Waals surface area contributed by atoms with Crippen molar-refractivity contribution in [1.29, 1.82) is 0 Å². The number of aryl methyl sites for hydroxylation is 1.